The van der Waals surface area contributed by atoms with Gasteiger partial charge in [-0.05, 0) is 23.8 Å². The predicted molar refractivity (Wildman–Crippen MR) is 95.5 cm³/mol. The van der Waals surface area contributed by atoms with Crippen LogP contribution in [-0.2, 0) is 11.3 Å². The molecule has 3 rings (SSSR count). The number of ether oxygens (including phenoxy) is 1. The average Bonchev–Trinajstić information content (AvgIpc) is 2.67. The number of amides is 1. The number of hydrogen-bond donors (Lipinski definition) is 3. The third-order valence-electron chi connectivity index (χ3n) is 3.97. The molecule has 0 aromatic heterocycles. The second-order valence-electron chi connectivity index (χ2n) is 5.86. The van der Waals surface area contributed by atoms with Crippen molar-refractivity contribution in [3.05, 3.63) is 77.0 Å². The van der Waals surface area contributed by atoms with Gasteiger partial charge in [0.2, 0.25) is 0 Å². The van der Waals surface area contributed by atoms with Crippen LogP contribution in [0.5, 0.6) is 0 Å². The molecule has 8 heteroatoms. The number of hydroxylamine groups is 1. The number of carbonyl (C=O) groups is 1. The van der Waals surface area contributed by atoms with Crippen LogP contribution >= 0.6 is 0 Å². The third kappa shape index (κ3) is 4.68. The molecule has 0 bridgehead atoms. The van der Waals surface area contributed by atoms with Crippen molar-refractivity contribution in [2.75, 3.05) is 5.32 Å². The van der Waals surface area contributed by atoms with Crippen LogP contribution < -0.4 is 10.8 Å². The van der Waals surface area contributed by atoms with E-state index in [2.05, 4.69) is 10.3 Å². The molecule has 1 aliphatic rings. The summed E-state index contributed by atoms with van der Waals surface area (Å²) >= 11 is 0. The molecular formula is C19H17F2N3O3. The van der Waals surface area contributed by atoms with Crippen LogP contribution in [0.2, 0.25) is 0 Å². The van der Waals surface area contributed by atoms with Crippen LogP contribution in [0.15, 0.2) is 59.2 Å². The zero-order valence-electron chi connectivity index (χ0n) is 14.2. The molecule has 1 aliphatic heterocycles. The first-order chi connectivity index (χ1) is 13.1. The van der Waals surface area contributed by atoms with Crippen molar-refractivity contribution >= 4 is 18.0 Å². The lowest BCUT2D eigenvalue weighted by molar-refractivity contribution is 0.155. The fourth-order valence-electron chi connectivity index (χ4n) is 2.68. The fourth-order valence-corrected chi connectivity index (χ4v) is 2.68. The summed E-state index contributed by atoms with van der Waals surface area (Å²) in [6.07, 6.45) is 2.16. The minimum atomic E-state index is -0.852. The van der Waals surface area contributed by atoms with Crippen molar-refractivity contribution in [3.8, 4) is 0 Å². The highest BCUT2D eigenvalue weighted by molar-refractivity contribution is 5.84. The second kappa shape index (κ2) is 8.41. The van der Waals surface area contributed by atoms with E-state index in [1.54, 1.807) is 24.3 Å². The molecule has 27 heavy (non-hydrogen) atoms. The first kappa shape index (κ1) is 18.5. The molecule has 0 saturated carbocycles. The number of hydrogen-bond acceptors (Lipinski definition) is 5. The Morgan fingerprint density at radius 3 is 2.59 bits per heavy atom. The lowest BCUT2D eigenvalue weighted by Gasteiger charge is -2.19. The van der Waals surface area contributed by atoms with E-state index in [-0.39, 0.29) is 24.3 Å². The van der Waals surface area contributed by atoms with E-state index in [1.165, 1.54) is 12.3 Å². The lowest BCUT2D eigenvalue weighted by Crippen LogP contribution is -2.17. The molecule has 1 heterocycles. The number of anilines is 1. The number of dihydropyridines is 1. The van der Waals surface area contributed by atoms with E-state index in [0.717, 1.165) is 17.7 Å². The summed E-state index contributed by atoms with van der Waals surface area (Å²) < 4.78 is 33.9. The van der Waals surface area contributed by atoms with Gasteiger partial charge in [-0.1, -0.05) is 30.3 Å². The molecule has 1 amide bonds. The van der Waals surface area contributed by atoms with Crippen LogP contribution in [0, 0.1) is 11.6 Å². The Kier molecular flexibility index (Phi) is 5.77. The maximum Gasteiger partial charge on any atom is 0.411 e. The number of carbonyl (C=O) groups excluding carboxylic acids is 1. The number of benzene rings is 2. The molecule has 0 radical (unpaired) electrons. The summed E-state index contributed by atoms with van der Waals surface area (Å²) in [5.74, 6) is -1.70. The van der Waals surface area contributed by atoms with E-state index in [4.69, 9.17) is 9.94 Å². The number of nitrogens with zero attached hydrogens (tertiary/aromatic N) is 1. The van der Waals surface area contributed by atoms with Crippen LogP contribution in [-0.4, -0.2) is 17.5 Å². The lowest BCUT2D eigenvalue weighted by atomic mass is 9.99. The first-order valence-electron chi connectivity index (χ1n) is 8.16. The van der Waals surface area contributed by atoms with E-state index in [9.17, 15) is 13.6 Å². The zero-order chi connectivity index (χ0) is 19.2. The molecule has 6 nitrogen and oxygen atoms in total. The smallest absolute Gasteiger partial charge is 0.411 e. The molecule has 0 aliphatic carbocycles. The first-order valence-corrected chi connectivity index (χ1v) is 8.16. The Bertz CT molecular complexity index is 862. The summed E-state index contributed by atoms with van der Waals surface area (Å²) in [6.45, 7) is 0.0375. The monoisotopic (exact) mass is 373 g/mol. The number of rotatable bonds is 5. The van der Waals surface area contributed by atoms with Crippen molar-refractivity contribution in [3.63, 3.8) is 0 Å². The molecular weight excluding hydrogens is 356 g/mol. The Balaban J connectivity index is 1.67. The Labute approximate surface area is 154 Å². The van der Waals surface area contributed by atoms with Gasteiger partial charge in [0.25, 0.3) is 0 Å². The summed E-state index contributed by atoms with van der Waals surface area (Å²) in [4.78, 5) is 15.9. The topological polar surface area (TPSA) is 83.0 Å². The zero-order valence-corrected chi connectivity index (χ0v) is 14.2. The highest BCUT2D eigenvalue weighted by atomic mass is 19.1. The van der Waals surface area contributed by atoms with Crippen LogP contribution in [0.4, 0.5) is 19.3 Å². The van der Waals surface area contributed by atoms with E-state index >= 15 is 0 Å². The minimum Gasteiger partial charge on any atom is -0.444 e. The standard InChI is InChI=1S/C19H17F2N3O3/c20-15-8-14(23-19(25)27-11-12-4-2-1-3-5-12)9-16(21)18(15)17-10-13(24-26)6-7-22-17/h1-9,17,24,26H,10-11H2,(H,23,25). The van der Waals surface area contributed by atoms with E-state index < -0.39 is 23.8 Å². The van der Waals surface area contributed by atoms with Crippen LogP contribution in [0.25, 0.3) is 0 Å². The van der Waals surface area contributed by atoms with Gasteiger partial charge in [-0.25, -0.2) is 13.6 Å². The van der Waals surface area contributed by atoms with Gasteiger partial charge < -0.3 is 4.74 Å². The van der Waals surface area contributed by atoms with Gasteiger partial charge in [0.15, 0.2) is 0 Å². The van der Waals surface area contributed by atoms with Crippen molar-refractivity contribution in [2.24, 2.45) is 4.99 Å². The molecule has 0 saturated heterocycles. The SMILES string of the molecule is O=C(Nc1cc(F)c(C2CC(NO)=CC=N2)c(F)c1)OCc1ccccc1. The number of allylic oxidation sites excluding steroid dienone is 1. The predicted octanol–water partition coefficient (Wildman–Crippen LogP) is 4.09. The molecule has 2 aromatic rings. The Morgan fingerprint density at radius 1 is 1.22 bits per heavy atom. The average molecular weight is 373 g/mol. The quantitative estimate of drug-likeness (QED) is 0.690. The van der Waals surface area contributed by atoms with Crippen molar-refractivity contribution in [1.82, 2.24) is 5.48 Å². The van der Waals surface area contributed by atoms with Gasteiger partial charge in [0, 0.05) is 29.6 Å². The normalized spacial score (nSPS) is 15.8. The van der Waals surface area contributed by atoms with Crippen molar-refractivity contribution in [2.45, 2.75) is 19.1 Å². The summed E-state index contributed by atoms with van der Waals surface area (Å²) in [6, 6.07) is 10.2. The van der Waals surface area contributed by atoms with Gasteiger partial charge in [-0.3, -0.25) is 21.0 Å². The molecule has 0 spiro atoms. The van der Waals surface area contributed by atoms with Gasteiger partial charge in [-0.2, -0.15) is 0 Å². The third-order valence-corrected chi connectivity index (χ3v) is 3.97. The van der Waals surface area contributed by atoms with Crippen LogP contribution in [0.3, 0.4) is 0 Å². The summed E-state index contributed by atoms with van der Waals surface area (Å²) in [5.41, 5.74) is 2.83. The van der Waals surface area contributed by atoms with E-state index in [0.29, 0.717) is 5.70 Å². The number of aliphatic imine (C=N–C) groups is 1. The summed E-state index contributed by atoms with van der Waals surface area (Å²) in [7, 11) is 0. The molecule has 0 fully saturated rings. The Hall–Kier alpha value is -3.26. The minimum absolute atomic E-state index is 0.0375. The highest BCUT2D eigenvalue weighted by Crippen LogP contribution is 2.32. The van der Waals surface area contributed by atoms with E-state index in [1.807, 2.05) is 11.5 Å². The van der Waals surface area contributed by atoms with Gasteiger partial charge in [-0.15, -0.1) is 0 Å². The summed E-state index contributed by atoms with van der Waals surface area (Å²) in [5, 5.41) is 11.2. The highest BCUT2D eigenvalue weighted by Gasteiger charge is 2.23. The Morgan fingerprint density at radius 2 is 1.93 bits per heavy atom. The van der Waals surface area contributed by atoms with Gasteiger partial charge >= 0.3 is 6.09 Å². The fraction of sp³-hybridized carbons (Fsp3) is 0.158. The number of halogens is 2. The second-order valence-corrected chi connectivity index (χ2v) is 5.86. The molecule has 3 N–H and O–H groups in total. The molecule has 2 aromatic carbocycles. The maximum absolute atomic E-state index is 14.4. The van der Waals surface area contributed by atoms with Crippen molar-refractivity contribution in [1.29, 1.82) is 0 Å². The largest absolute Gasteiger partial charge is 0.444 e. The molecule has 140 valence electrons. The number of nitrogens with one attached hydrogen (secondary N) is 2. The molecule has 1 atom stereocenters. The van der Waals surface area contributed by atoms with Crippen molar-refractivity contribution < 1.29 is 23.5 Å². The van der Waals surface area contributed by atoms with Gasteiger partial charge in [0.1, 0.15) is 18.2 Å². The molecule has 1 unspecified atom stereocenters. The van der Waals surface area contributed by atoms with Crippen LogP contribution in [0.1, 0.15) is 23.6 Å². The maximum atomic E-state index is 14.4. The van der Waals surface area contributed by atoms with Gasteiger partial charge in [0.05, 0.1) is 6.04 Å².